The Morgan fingerprint density at radius 3 is 1.75 bits per heavy atom. The molecule has 98 valence electrons. The maximum absolute atomic E-state index is 3.60. The van der Waals surface area contributed by atoms with Crippen LogP contribution in [0, 0.1) is 0 Å². The predicted molar refractivity (Wildman–Crippen MR) is 78.2 cm³/mol. The van der Waals surface area contributed by atoms with Gasteiger partial charge >= 0.3 is 0 Å². The number of hydrogen-bond donors (Lipinski definition) is 0. The Balaban J connectivity index is 3.81. The standard InChI is InChI=1S/C14H31BrN/c1-4-6-8-10-13-16(3,14-11-15)12-9-7-5-2/h4-14H2,1-3H3/q+1. The van der Waals surface area contributed by atoms with E-state index in [0.29, 0.717) is 0 Å². The molecule has 0 aliphatic rings. The molecule has 0 aliphatic carbocycles. The van der Waals surface area contributed by atoms with Crippen LogP contribution in [-0.2, 0) is 0 Å². The van der Waals surface area contributed by atoms with E-state index >= 15 is 0 Å². The van der Waals surface area contributed by atoms with E-state index in [2.05, 4.69) is 36.8 Å². The van der Waals surface area contributed by atoms with Gasteiger partial charge in [0, 0.05) is 0 Å². The maximum Gasteiger partial charge on any atom is 0.0883 e. The van der Waals surface area contributed by atoms with Gasteiger partial charge in [0.15, 0.2) is 0 Å². The summed E-state index contributed by atoms with van der Waals surface area (Å²) in [5.41, 5.74) is 0. The van der Waals surface area contributed by atoms with E-state index in [4.69, 9.17) is 0 Å². The lowest BCUT2D eigenvalue weighted by Gasteiger charge is -2.34. The summed E-state index contributed by atoms with van der Waals surface area (Å²) in [7, 11) is 2.43. The van der Waals surface area contributed by atoms with E-state index in [9.17, 15) is 0 Å². The van der Waals surface area contributed by atoms with Gasteiger partial charge in [-0.1, -0.05) is 49.0 Å². The van der Waals surface area contributed by atoms with Gasteiger partial charge in [-0.25, -0.2) is 0 Å². The van der Waals surface area contributed by atoms with Crippen molar-refractivity contribution < 1.29 is 4.48 Å². The van der Waals surface area contributed by atoms with Gasteiger partial charge in [0.1, 0.15) is 0 Å². The molecule has 0 spiro atoms. The minimum absolute atomic E-state index is 1.14. The third kappa shape index (κ3) is 8.58. The SMILES string of the molecule is CCCCCC[N+](C)(CCBr)CCCCC. The largest absolute Gasteiger partial charge is 0.325 e. The number of unbranched alkanes of at least 4 members (excludes halogenated alkanes) is 5. The molecule has 16 heavy (non-hydrogen) atoms. The summed E-state index contributed by atoms with van der Waals surface area (Å²) in [6, 6.07) is 0. The quantitative estimate of drug-likeness (QED) is 0.297. The first kappa shape index (κ1) is 16.4. The fraction of sp³-hybridized carbons (Fsp3) is 1.00. The van der Waals surface area contributed by atoms with Crippen molar-refractivity contribution in [3.8, 4) is 0 Å². The molecule has 0 saturated carbocycles. The molecule has 1 unspecified atom stereocenters. The average Bonchev–Trinajstić information content (AvgIpc) is 2.25. The second-order valence-electron chi connectivity index (χ2n) is 5.25. The first-order valence-corrected chi connectivity index (χ1v) is 8.20. The van der Waals surface area contributed by atoms with Crippen LogP contribution in [0.4, 0.5) is 0 Å². The summed E-state index contributed by atoms with van der Waals surface area (Å²) in [6.07, 6.45) is 9.70. The van der Waals surface area contributed by atoms with Gasteiger partial charge in [-0.2, -0.15) is 0 Å². The molecule has 0 rings (SSSR count). The lowest BCUT2D eigenvalue weighted by atomic mass is 10.1. The molecule has 1 atom stereocenters. The maximum atomic E-state index is 3.60. The first-order chi connectivity index (χ1) is 7.68. The third-order valence-electron chi connectivity index (χ3n) is 3.48. The monoisotopic (exact) mass is 292 g/mol. The number of rotatable bonds is 11. The zero-order valence-corrected chi connectivity index (χ0v) is 13.2. The van der Waals surface area contributed by atoms with Crippen molar-refractivity contribution in [3.05, 3.63) is 0 Å². The first-order valence-electron chi connectivity index (χ1n) is 7.08. The second kappa shape index (κ2) is 10.6. The topological polar surface area (TPSA) is 0 Å². The Labute approximate surface area is 111 Å². The molecule has 0 fully saturated rings. The van der Waals surface area contributed by atoms with Gasteiger partial charge in [-0.3, -0.25) is 0 Å². The molecule has 0 bridgehead atoms. The molecular formula is C14H31BrN+. The molecular weight excluding hydrogens is 262 g/mol. The van der Waals surface area contributed by atoms with E-state index in [1.807, 2.05) is 0 Å². The number of quaternary nitrogens is 1. The number of hydrogen-bond acceptors (Lipinski definition) is 0. The minimum atomic E-state index is 1.14. The molecule has 0 aromatic heterocycles. The summed E-state index contributed by atoms with van der Waals surface area (Å²) in [4.78, 5) is 0. The van der Waals surface area contributed by atoms with E-state index in [1.165, 1.54) is 69.1 Å². The van der Waals surface area contributed by atoms with E-state index in [0.717, 1.165) is 5.33 Å². The Bertz CT molecular complexity index is 150. The average molecular weight is 293 g/mol. The third-order valence-corrected chi connectivity index (χ3v) is 3.83. The summed E-state index contributed by atoms with van der Waals surface area (Å²) >= 11 is 3.60. The summed E-state index contributed by atoms with van der Waals surface area (Å²) < 4.78 is 1.27. The Morgan fingerprint density at radius 1 is 0.750 bits per heavy atom. The van der Waals surface area contributed by atoms with Gasteiger partial charge in [-0.05, 0) is 25.7 Å². The Hall–Kier alpha value is 0.440. The van der Waals surface area contributed by atoms with Crippen molar-refractivity contribution in [2.45, 2.75) is 58.8 Å². The zero-order valence-electron chi connectivity index (χ0n) is 11.6. The Kier molecular flexibility index (Phi) is 10.9. The molecule has 0 aliphatic heterocycles. The summed E-state index contributed by atoms with van der Waals surface area (Å²) in [5, 5.41) is 1.14. The fourth-order valence-corrected chi connectivity index (χ4v) is 3.06. The number of halogens is 1. The lowest BCUT2D eigenvalue weighted by molar-refractivity contribution is -0.907. The number of nitrogens with zero attached hydrogens (tertiary/aromatic N) is 1. The van der Waals surface area contributed by atoms with Crippen LogP contribution in [0.25, 0.3) is 0 Å². The van der Waals surface area contributed by atoms with Gasteiger partial charge < -0.3 is 4.48 Å². The molecule has 0 radical (unpaired) electrons. The van der Waals surface area contributed by atoms with Crippen molar-refractivity contribution in [2.24, 2.45) is 0 Å². The van der Waals surface area contributed by atoms with Crippen molar-refractivity contribution >= 4 is 15.9 Å². The van der Waals surface area contributed by atoms with Crippen LogP contribution in [0.1, 0.15) is 58.8 Å². The minimum Gasteiger partial charge on any atom is -0.325 e. The Morgan fingerprint density at radius 2 is 1.25 bits per heavy atom. The highest BCUT2D eigenvalue weighted by Gasteiger charge is 2.19. The van der Waals surface area contributed by atoms with Crippen molar-refractivity contribution in [1.29, 1.82) is 0 Å². The molecule has 1 nitrogen and oxygen atoms in total. The second-order valence-corrected chi connectivity index (χ2v) is 6.04. The zero-order chi connectivity index (χ0) is 12.3. The van der Waals surface area contributed by atoms with Crippen molar-refractivity contribution in [1.82, 2.24) is 0 Å². The molecule has 0 heterocycles. The van der Waals surface area contributed by atoms with E-state index in [1.54, 1.807) is 0 Å². The van der Waals surface area contributed by atoms with Crippen LogP contribution < -0.4 is 0 Å². The normalized spacial score (nSPS) is 15.0. The molecule has 0 N–H and O–H groups in total. The van der Waals surface area contributed by atoms with Gasteiger partial charge in [0.25, 0.3) is 0 Å². The molecule has 0 amide bonds. The molecule has 0 saturated heterocycles. The van der Waals surface area contributed by atoms with Crippen LogP contribution in [0.3, 0.4) is 0 Å². The highest BCUT2D eigenvalue weighted by molar-refractivity contribution is 9.09. The van der Waals surface area contributed by atoms with Crippen LogP contribution in [0.5, 0.6) is 0 Å². The smallest absolute Gasteiger partial charge is 0.0883 e. The van der Waals surface area contributed by atoms with Crippen LogP contribution >= 0.6 is 15.9 Å². The molecule has 0 aromatic rings. The highest BCUT2D eigenvalue weighted by atomic mass is 79.9. The van der Waals surface area contributed by atoms with E-state index in [-0.39, 0.29) is 0 Å². The fourth-order valence-electron chi connectivity index (χ4n) is 2.20. The lowest BCUT2D eigenvalue weighted by Crippen LogP contribution is -2.46. The van der Waals surface area contributed by atoms with Crippen LogP contribution in [-0.4, -0.2) is 36.5 Å². The van der Waals surface area contributed by atoms with Crippen LogP contribution in [0.15, 0.2) is 0 Å². The van der Waals surface area contributed by atoms with Crippen molar-refractivity contribution in [2.75, 3.05) is 32.0 Å². The number of alkyl halides is 1. The highest BCUT2D eigenvalue weighted by Crippen LogP contribution is 2.11. The van der Waals surface area contributed by atoms with Crippen molar-refractivity contribution in [3.63, 3.8) is 0 Å². The summed E-state index contributed by atoms with van der Waals surface area (Å²) in [6.45, 7) is 8.60. The van der Waals surface area contributed by atoms with E-state index < -0.39 is 0 Å². The van der Waals surface area contributed by atoms with Crippen LogP contribution in [0.2, 0.25) is 0 Å². The van der Waals surface area contributed by atoms with Gasteiger partial charge in [0.05, 0.1) is 32.0 Å². The molecule has 2 heteroatoms. The van der Waals surface area contributed by atoms with Gasteiger partial charge in [-0.15, -0.1) is 0 Å². The predicted octanol–water partition coefficient (Wildman–Crippen LogP) is 4.60. The van der Waals surface area contributed by atoms with Gasteiger partial charge in [0.2, 0.25) is 0 Å². The summed E-state index contributed by atoms with van der Waals surface area (Å²) in [5.74, 6) is 0. The molecule has 0 aromatic carbocycles.